The van der Waals surface area contributed by atoms with E-state index in [9.17, 15) is 5.11 Å². The molecule has 0 aliphatic rings. The summed E-state index contributed by atoms with van der Waals surface area (Å²) in [6, 6.07) is 2.32. The number of hydrogen-bond acceptors (Lipinski definition) is 6. The summed E-state index contributed by atoms with van der Waals surface area (Å²) in [5.41, 5.74) is 4.31. The van der Waals surface area contributed by atoms with Crippen LogP contribution in [0.5, 0.6) is 0 Å². The third-order valence-corrected chi connectivity index (χ3v) is 5.27. The van der Waals surface area contributed by atoms with Crippen molar-refractivity contribution in [2.24, 2.45) is 0 Å². The first-order chi connectivity index (χ1) is 14.6. The van der Waals surface area contributed by atoms with Crippen LogP contribution in [-0.4, -0.2) is 59.1 Å². The minimum atomic E-state index is -0.615. The number of rotatable bonds is 9. The molecule has 4 heterocycles. The highest BCUT2D eigenvalue weighted by Gasteiger charge is 2.16. The SMILES string of the molecule is CCC(CC)n1cc(-c2nc(-c3cnn(CC(O)COC)c3)cn3nccc23)cn1. The normalized spacial score (nSPS) is 12.8. The van der Waals surface area contributed by atoms with Gasteiger partial charge in [-0.05, 0) is 18.9 Å². The van der Waals surface area contributed by atoms with Gasteiger partial charge in [-0.3, -0.25) is 9.36 Å². The second-order valence-corrected chi connectivity index (χ2v) is 7.38. The fraction of sp³-hybridized carbons (Fsp3) is 0.429. The maximum atomic E-state index is 9.95. The average molecular weight is 409 g/mol. The van der Waals surface area contributed by atoms with Crippen molar-refractivity contribution < 1.29 is 9.84 Å². The minimum absolute atomic E-state index is 0.261. The Bertz CT molecular complexity index is 1110. The highest BCUT2D eigenvalue weighted by molar-refractivity contribution is 5.78. The van der Waals surface area contributed by atoms with Gasteiger partial charge < -0.3 is 9.84 Å². The van der Waals surface area contributed by atoms with Crippen molar-refractivity contribution in [3.05, 3.63) is 43.2 Å². The Labute approximate surface area is 174 Å². The molecule has 30 heavy (non-hydrogen) atoms. The standard InChI is InChI=1S/C21H27N7O2/c1-4-17(5-2)27-11-16(9-24-27)21-20-6-7-22-28(20)13-19(25-21)15-8-23-26(10-15)12-18(29)14-30-3/h6-11,13,17-18,29H,4-5,12,14H2,1-3H3. The van der Waals surface area contributed by atoms with E-state index >= 15 is 0 Å². The van der Waals surface area contributed by atoms with Gasteiger partial charge >= 0.3 is 0 Å². The van der Waals surface area contributed by atoms with Crippen LogP contribution >= 0.6 is 0 Å². The quantitative estimate of drug-likeness (QED) is 0.457. The third-order valence-electron chi connectivity index (χ3n) is 5.27. The van der Waals surface area contributed by atoms with Crippen LogP contribution < -0.4 is 0 Å². The van der Waals surface area contributed by atoms with E-state index in [4.69, 9.17) is 9.72 Å². The summed E-state index contributed by atoms with van der Waals surface area (Å²) in [6.07, 6.45) is 12.6. The van der Waals surface area contributed by atoms with E-state index < -0.39 is 6.10 Å². The lowest BCUT2D eigenvalue weighted by molar-refractivity contribution is 0.0514. The lowest BCUT2D eigenvalue weighted by Crippen LogP contribution is -2.21. The molecule has 0 spiro atoms. The summed E-state index contributed by atoms with van der Waals surface area (Å²) in [6.45, 7) is 4.96. The van der Waals surface area contributed by atoms with Gasteiger partial charge in [0.15, 0.2) is 0 Å². The maximum Gasteiger partial charge on any atom is 0.0999 e. The lowest BCUT2D eigenvalue weighted by Gasteiger charge is -2.12. The number of aliphatic hydroxyl groups excluding tert-OH is 1. The summed E-state index contributed by atoms with van der Waals surface area (Å²) >= 11 is 0. The average Bonchev–Trinajstić information content (AvgIpc) is 3.49. The molecule has 158 valence electrons. The molecule has 1 unspecified atom stereocenters. The molecule has 0 aromatic carbocycles. The Hall–Kier alpha value is -3.04. The number of ether oxygens (including phenoxy) is 1. The van der Waals surface area contributed by atoms with Crippen molar-refractivity contribution in [3.8, 4) is 22.5 Å². The van der Waals surface area contributed by atoms with Crippen molar-refractivity contribution in [2.45, 2.75) is 45.4 Å². The molecule has 1 N–H and O–H groups in total. The number of nitrogens with zero attached hydrogens (tertiary/aromatic N) is 7. The fourth-order valence-corrected chi connectivity index (χ4v) is 3.66. The van der Waals surface area contributed by atoms with Gasteiger partial charge in [0.05, 0.1) is 67.0 Å². The largest absolute Gasteiger partial charge is 0.389 e. The van der Waals surface area contributed by atoms with E-state index in [2.05, 4.69) is 35.3 Å². The maximum absolute atomic E-state index is 9.95. The van der Waals surface area contributed by atoms with Gasteiger partial charge in [0.1, 0.15) is 0 Å². The molecule has 0 saturated carbocycles. The first-order valence-electron chi connectivity index (χ1n) is 10.2. The molecule has 0 bridgehead atoms. The van der Waals surface area contributed by atoms with Gasteiger partial charge in [0, 0.05) is 30.6 Å². The summed E-state index contributed by atoms with van der Waals surface area (Å²) in [5, 5.41) is 23.3. The molecule has 9 heteroatoms. The Morgan fingerprint density at radius 2 is 1.83 bits per heavy atom. The monoisotopic (exact) mass is 409 g/mol. The topological polar surface area (TPSA) is 95.3 Å². The van der Waals surface area contributed by atoms with Crippen molar-refractivity contribution in [2.75, 3.05) is 13.7 Å². The van der Waals surface area contributed by atoms with Crippen LogP contribution in [-0.2, 0) is 11.3 Å². The zero-order valence-electron chi connectivity index (χ0n) is 17.5. The van der Waals surface area contributed by atoms with Crippen molar-refractivity contribution in [3.63, 3.8) is 0 Å². The Morgan fingerprint density at radius 1 is 1.03 bits per heavy atom. The molecule has 9 nitrogen and oxygen atoms in total. The van der Waals surface area contributed by atoms with Gasteiger partial charge in [0.2, 0.25) is 0 Å². The molecule has 1 atom stereocenters. The summed E-state index contributed by atoms with van der Waals surface area (Å²) in [4.78, 5) is 4.91. The molecule has 4 aromatic rings. The molecule has 0 radical (unpaired) electrons. The molecule has 0 aliphatic heterocycles. The number of fused-ring (bicyclic) bond motifs is 1. The van der Waals surface area contributed by atoms with E-state index in [0.717, 1.165) is 40.9 Å². The number of hydrogen-bond donors (Lipinski definition) is 1. The zero-order chi connectivity index (χ0) is 21.1. The van der Waals surface area contributed by atoms with Gasteiger partial charge in [-0.15, -0.1) is 0 Å². The predicted octanol–water partition coefficient (Wildman–Crippen LogP) is 2.82. The lowest BCUT2D eigenvalue weighted by atomic mass is 10.1. The minimum Gasteiger partial charge on any atom is -0.389 e. The molecule has 0 aliphatic carbocycles. The Kier molecular flexibility index (Phi) is 5.91. The van der Waals surface area contributed by atoms with Gasteiger partial charge in [-0.25, -0.2) is 9.50 Å². The Morgan fingerprint density at radius 3 is 2.60 bits per heavy atom. The van der Waals surface area contributed by atoms with E-state index in [1.54, 1.807) is 24.2 Å². The molecule has 4 rings (SSSR count). The van der Waals surface area contributed by atoms with Crippen molar-refractivity contribution >= 4 is 5.52 Å². The molecule has 0 saturated heterocycles. The van der Waals surface area contributed by atoms with Gasteiger partial charge in [-0.2, -0.15) is 15.3 Å². The highest BCUT2D eigenvalue weighted by atomic mass is 16.5. The molecule has 0 amide bonds. The first-order valence-corrected chi connectivity index (χ1v) is 10.2. The van der Waals surface area contributed by atoms with E-state index in [-0.39, 0.29) is 6.61 Å². The van der Waals surface area contributed by atoms with Gasteiger partial charge in [0.25, 0.3) is 0 Å². The molecular weight excluding hydrogens is 382 g/mol. The van der Waals surface area contributed by atoms with E-state index in [0.29, 0.717) is 12.6 Å². The summed E-state index contributed by atoms with van der Waals surface area (Å²) in [5.74, 6) is 0. The van der Waals surface area contributed by atoms with Crippen LogP contribution in [0.15, 0.2) is 43.2 Å². The summed E-state index contributed by atoms with van der Waals surface area (Å²) < 4.78 is 10.5. The van der Waals surface area contributed by atoms with Crippen LogP contribution in [0.4, 0.5) is 0 Å². The van der Waals surface area contributed by atoms with Crippen LogP contribution in [0, 0.1) is 0 Å². The van der Waals surface area contributed by atoms with Crippen molar-refractivity contribution in [1.29, 1.82) is 0 Å². The highest BCUT2D eigenvalue weighted by Crippen LogP contribution is 2.27. The van der Waals surface area contributed by atoms with Gasteiger partial charge in [-0.1, -0.05) is 13.8 Å². The number of aromatic nitrogens is 7. The molecule has 4 aromatic heterocycles. The smallest absolute Gasteiger partial charge is 0.0999 e. The first kappa shape index (κ1) is 20.2. The van der Waals surface area contributed by atoms with E-state index in [1.807, 2.05) is 33.9 Å². The second-order valence-electron chi connectivity index (χ2n) is 7.38. The molecule has 0 fully saturated rings. The van der Waals surface area contributed by atoms with Crippen molar-refractivity contribution in [1.82, 2.24) is 34.2 Å². The fourth-order valence-electron chi connectivity index (χ4n) is 3.66. The van der Waals surface area contributed by atoms with Crippen LogP contribution in [0.1, 0.15) is 32.7 Å². The number of methoxy groups -OCH3 is 1. The second kappa shape index (κ2) is 8.76. The number of aliphatic hydroxyl groups is 1. The van der Waals surface area contributed by atoms with Crippen LogP contribution in [0.3, 0.4) is 0 Å². The summed E-state index contributed by atoms with van der Waals surface area (Å²) in [7, 11) is 1.56. The Balaban J connectivity index is 1.70. The molecular formula is C21H27N7O2. The predicted molar refractivity (Wildman–Crippen MR) is 113 cm³/mol. The van der Waals surface area contributed by atoms with E-state index in [1.165, 1.54) is 0 Å². The zero-order valence-corrected chi connectivity index (χ0v) is 17.5. The third kappa shape index (κ3) is 3.99. The van der Waals surface area contributed by atoms with Crippen LogP contribution in [0.25, 0.3) is 28.0 Å². The van der Waals surface area contributed by atoms with Crippen LogP contribution in [0.2, 0.25) is 0 Å².